The van der Waals surface area contributed by atoms with Crippen molar-refractivity contribution in [1.29, 1.82) is 0 Å². The zero-order chi connectivity index (χ0) is 16.7. The number of para-hydroxylation sites is 1. The summed E-state index contributed by atoms with van der Waals surface area (Å²) >= 11 is 0. The second kappa shape index (κ2) is 7.90. The summed E-state index contributed by atoms with van der Waals surface area (Å²) in [6.07, 6.45) is -0.138. The lowest BCUT2D eigenvalue weighted by molar-refractivity contribution is -0.384. The fourth-order valence-electron chi connectivity index (χ4n) is 2.03. The van der Waals surface area contributed by atoms with Crippen LogP contribution in [0.5, 0.6) is 0 Å². The van der Waals surface area contributed by atoms with E-state index in [0.717, 1.165) is 0 Å². The number of anilines is 1. The van der Waals surface area contributed by atoms with Gasteiger partial charge in [-0.3, -0.25) is 10.1 Å². The molecule has 0 aliphatic rings. The molecule has 1 heterocycles. The fourth-order valence-corrected chi connectivity index (χ4v) is 2.03. The van der Waals surface area contributed by atoms with Crippen molar-refractivity contribution in [1.82, 2.24) is 10.3 Å². The first kappa shape index (κ1) is 16.4. The summed E-state index contributed by atoms with van der Waals surface area (Å²) < 4.78 is 5.22. The number of pyridine rings is 1. The van der Waals surface area contributed by atoms with E-state index in [4.69, 9.17) is 4.74 Å². The van der Waals surface area contributed by atoms with Gasteiger partial charge in [-0.25, -0.2) is 4.98 Å². The van der Waals surface area contributed by atoms with E-state index in [-0.39, 0.29) is 25.4 Å². The van der Waals surface area contributed by atoms with Gasteiger partial charge in [0.05, 0.1) is 23.7 Å². The van der Waals surface area contributed by atoms with Gasteiger partial charge in [-0.15, -0.1) is 0 Å². The predicted molar refractivity (Wildman–Crippen MR) is 81.1 cm³/mol. The van der Waals surface area contributed by atoms with Crippen LogP contribution in [0.1, 0.15) is 0 Å². The molecule has 1 amide bonds. The minimum absolute atomic E-state index is 0.109. The summed E-state index contributed by atoms with van der Waals surface area (Å²) in [6, 6.07) is 7.11. The summed E-state index contributed by atoms with van der Waals surface area (Å²) in [5.74, 6) is 0. The monoisotopic (exact) mass is 319 g/mol. The van der Waals surface area contributed by atoms with Crippen LogP contribution in [0.15, 0.2) is 30.5 Å². The predicted octanol–water partition coefficient (Wildman–Crippen LogP) is 0.504. The Morgan fingerprint density at radius 1 is 1.26 bits per heavy atom. The summed E-state index contributed by atoms with van der Waals surface area (Å²) in [7, 11) is 0. The highest BCUT2D eigenvalue weighted by Gasteiger charge is 2.17. The molecule has 122 valence electrons. The maximum absolute atomic E-state index is 11.1. The molecular weight excluding hydrogens is 304 g/mol. The van der Waals surface area contributed by atoms with Crippen LogP contribution in [-0.4, -0.2) is 42.3 Å². The molecular formula is C14H15N4O5-. The molecule has 0 spiro atoms. The Balaban J connectivity index is 1.97. The number of carbonyl (C=O) groups excluding carboxylic acids is 1. The first-order valence-corrected chi connectivity index (χ1v) is 6.88. The smallest absolute Gasteiger partial charge is 0.311 e. The van der Waals surface area contributed by atoms with Crippen molar-refractivity contribution >= 4 is 28.4 Å². The number of benzene rings is 1. The lowest BCUT2D eigenvalue weighted by Gasteiger charge is -2.11. The number of hydrogen-bond donors (Lipinski definition) is 2. The van der Waals surface area contributed by atoms with E-state index in [1.165, 1.54) is 6.20 Å². The molecule has 1 aromatic heterocycles. The minimum Gasteiger partial charge on any atom is -0.530 e. The number of nitrogens with zero attached hydrogens (tertiary/aromatic N) is 2. The van der Waals surface area contributed by atoms with Gasteiger partial charge < -0.3 is 25.3 Å². The molecule has 0 saturated heterocycles. The van der Waals surface area contributed by atoms with Gasteiger partial charge in [-0.05, 0) is 6.07 Å². The van der Waals surface area contributed by atoms with Crippen LogP contribution in [0.2, 0.25) is 0 Å². The van der Waals surface area contributed by atoms with Gasteiger partial charge in [0.15, 0.2) is 0 Å². The van der Waals surface area contributed by atoms with Crippen LogP contribution in [0.4, 0.5) is 16.2 Å². The Morgan fingerprint density at radius 2 is 2.00 bits per heavy atom. The number of aromatic nitrogens is 1. The third kappa shape index (κ3) is 4.51. The maximum atomic E-state index is 11.1. The van der Waals surface area contributed by atoms with Crippen LogP contribution in [-0.2, 0) is 4.74 Å². The number of fused-ring (bicyclic) bond motifs is 1. The molecule has 0 unspecified atom stereocenters. The van der Waals surface area contributed by atoms with Crippen molar-refractivity contribution < 1.29 is 19.6 Å². The van der Waals surface area contributed by atoms with Gasteiger partial charge >= 0.3 is 5.69 Å². The standard InChI is InChI=1S/C14H16N4O5/c19-14(20)16-6-8-23-7-5-15-13-10-3-1-2-4-11(10)17-9-12(13)18(21)22/h1-4,9,16H,5-8H2,(H,15,17)(H,19,20)/p-1. The lowest BCUT2D eigenvalue weighted by Crippen LogP contribution is -2.38. The Bertz CT molecular complexity index is 707. The molecule has 0 aliphatic carbocycles. The van der Waals surface area contributed by atoms with Crippen molar-refractivity contribution in [2.75, 3.05) is 31.6 Å². The van der Waals surface area contributed by atoms with Gasteiger partial charge in [0.25, 0.3) is 0 Å². The second-order valence-electron chi connectivity index (χ2n) is 4.55. The number of hydrogen-bond acceptors (Lipinski definition) is 7. The number of carboxylic acid groups (broad SMARTS) is 1. The number of nitro groups is 1. The largest absolute Gasteiger partial charge is 0.530 e. The van der Waals surface area contributed by atoms with Gasteiger partial charge in [0.2, 0.25) is 0 Å². The Kier molecular flexibility index (Phi) is 5.64. The van der Waals surface area contributed by atoms with Crippen LogP contribution in [0.3, 0.4) is 0 Å². The topological polar surface area (TPSA) is 129 Å². The molecule has 9 heteroatoms. The van der Waals surface area contributed by atoms with Crippen molar-refractivity contribution in [3.05, 3.63) is 40.6 Å². The van der Waals surface area contributed by atoms with E-state index in [0.29, 0.717) is 23.1 Å². The van der Waals surface area contributed by atoms with Crippen LogP contribution < -0.4 is 15.7 Å². The molecule has 0 aliphatic heterocycles. The molecule has 2 N–H and O–H groups in total. The van der Waals surface area contributed by atoms with Crippen molar-refractivity contribution in [2.45, 2.75) is 0 Å². The summed E-state index contributed by atoms with van der Waals surface area (Å²) in [4.78, 5) is 24.8. The van der Waals surface area contributed by atoms with Crippen LogP contribution in [0.25, 0.3) is 10.9 Å². The van der Waals surface area contributed by atoms with Gasteiger partial charge in [-0.1, -0.05) is 18.2 Å². The van der Waals surface area contributed by atoms with Crippen molar-refractivity contribution in [2.24, 2.45) is 0 Å². The number of amides is 1. The molecule has 0 fully saturated rings. The quantitative estimate of drug-likeness (QED) is 0.412. The highest BCUT2D eigenvalue weighted by atomic mass is 16.6. The van der Waals surface area contributed by atoms with Crippen LogP contribution >= 0.6 is 0 Å². The molecule has 23 heavy (non-hydrogen) atoms. The van der Waals surface area contributed by atoms with E-state index in [2.05, 4.69) is 15.6 Å². The van der Waals surface area contributed by atoms with E-state index >= 15 is 0 Å². The second-order valence-corrected chi connectivity index (χ2v) is 4.55. The van der Waals surface area contributed by atoms with Gasteiger partial charge in [0, 0.05) is 18.5 Å². The fraction of sp³-hybridized carbons (Fsp3) is 0.286. The van der Waals surface area contributed by atoms with Gasteiger partial charge in [-0.2, -0.15) is 0 Å². The van der Waals surface area contributed by atoms with E-state index in [9.17, 15) is 20.0 Å². The average Bonchev–Trinajstić information content (AvgIpc) is 2.53. The zero-order valence-electron chi connectivity index (χ0n) is 12.2. The summed E-state index contributed by atoms with van der Waals surface area (Å²) in [5.41, 5.74) is 0.930. The summed E-state index contributed by atoms with van der Waals surface area (Å²) in [5, 5.41) is 27.0. The molecule has 9 nitrogen and oxygen atoms in total. The number of carbonyl (C=O) groups is 1. The van der Waals surface area contributed by atoms with Crippen LogP contribution in [0, 0.1) is 10.1 Å². The number of rotatable bonds is 8. The van der Waals surface area contributed by atoms with Crippen molar-refractivity contribution in [3.63, 3.8) is 0 Å². The van der Waals surface area contributed by atoms with E-state index in [1.54, 1.807) is 24.3 Å². The summed E-state index contributed by atoms with van der Waals surface area (Å²) in [6.45, 7) is 0.915. The molecule has 1 aromatic carbocycles. The first-order chi connectivity index (χ1) is 11.1. The van der Waals surface area contributed by atoms with E-state index in [1.807, 2.05) is 0 Å². The third-order valence-electron chi connectivity index (χ3n) is 3.02. The molecule has 0 radical (unpaired) electrons. The average molecular weight is 319 g/mol. The molecule has 2 rings (SSSR count). The molecule has 0 saturated carbocycles. The third-order valence-corrected chi connectivity index (χ3v) is 3.02. The lowest BCUT2D eigenvalue weighted by atomic mass is 10.1. The number of nitrogens with one attached hydrogen (secondary N) is 2. The maximum Gasteiger partial charge on any atom is 0.311 e. The zero-order valence-corrected chi connectivity index (χ0v) is 12.2. The number of ether oxygens (including phenoxy) is 1. The Hall–Kier alpha value is -2.94. The highest BCUT2D eigenvalue weighted by molar-refractivity contribution is 5.95. The minimum atomic E-state index is -1.36. The normalized spacial score (nSPS) is 10.4. The van der Waals surface area contributed by atoms with Crippen molar-refractivity contribution in [3.8, 4) is 0 Å². The SMILES string of the molecule is O=C([O-])NCCOCCNc1c([N+](=O)[O-])cnc2ccccc12. The highest BCUT2D eigenvalue weighted by Crippen LogP contribution is 2.30. The Labute approximate surface area is 131 Å². The van der Waals surface area contributed by atoms with Gasteiger partial charge in [0.1, 0.15) is 18.0 Å². The molecule has 0 atom stereocenters. The molecule has 2 aromatic rings. The van der Waals surface area contributed by atoms with E-state index < -0.39 is 11.0 Å². The first-order valence-electron chi connectivity index (χ1n) is 6.88. The molecule has 0 bridgehead atoms. The Morgan fingerprint density at radius 3 is 2.74 bits per heavy atom.